The number of anilines is 2. The zero-order valence-electron chi connectivity index (χ0n) is 14.4. The van der Waals surface area contributed by atoms with Crippen LogP contribution >= 0.6 is 22.9 Å². The van der Waals surface area contributed by atoms with Crippen molar-refractivity contribution < 1.29 is 9.85 Å². The largest absolute Gasteiger partial charge is 0.339 e. The molecule has 2 heterocycles. The molecule has 0 radical (unpaired) electrons. The molecule has 2 aromatic carbocycles. The van der Waals surface area contributed by atoms with E-state index in [0.717, 1.165) is 5.56 Å². The summed E-state index contributed by atoms with van der Waals surface area (Å²) in [5.41, 5.74) is 1.54. The number of aromatic nitrogens is 2. The van der Waals surface area contributed by atoms with Crippen molar-refractivity contribution >= 4 is 56.0 Å². The number of nitro benzene ring substituents is 2. The van der Waals surface area contributed by atoms with Crippen molar-refractivity contribution in [2.24, 2.45) is 0 Å². The van der Waals surface area contributed by atoms with Gasteiger partial charge in [-0.1, -0.05) is 23.7 Å². The molecule has 2 aromatic heterocycles. The fourth-order valence-electron chi connectivity index (χ4n) is 2.84. The predicted octanol–water partition coefficient (Wildman–Crippen LogP) is 5.57. The molecule has 29 heavy (non-hydrogen) atoms. The Labute approximate surface area is 171 Å². The van der Waals surface area contributed by atoms with Crippen LogP contribution in [-0.4, -0.2) is 19.8 Å². The molecule has 0 bridgehead atoms. The number of rotatable bonds is 5. The molecular weight excluding hydrogens is 418 g/mol. The number of nitro groups is 2. The van der Waals surface area contributed by atoms with Crippen LogP contribution in [0.25, 0.3) is 21.3 Å². The van der Waals surface area contributed by atoms with Gasteiger partial charge in [-0.3, -0.25) is 20.2 Å². The summed E-state index contributed by atoms with van der Waals surface area (Å²) in [6.07, 6.45) is 1.38. The van der Waals surface area contributed by atoms with Crippen molar-refractivity contribution in [3.05, 3.63) is 79.4 Å². The van der Waals surface area contributed by atoms with Crippen molar-refractivity contribution in [2.45, 2.75) is 0 Å². The fraction of sp³-hybridized carbons (Fsp3) is 0. The number of benzene rings is 2. The highest BCUT2D eigenvalue weighted by atomic mass is 35.5. The first-order valence-corrected chi connectivity index (χ1v) is 9.38. The maximum Gasteiger partial charge on any atom is 0.289 e. The van der Waals surface area contributed by atoms with E-state index in [4.69, 9.17) is 11.6 Å². The molecule has 4 aromatic rings. The summed E-state index contributed by atoms with van der Waals surface area (Å²) in [6, 6.07) is 10.6. The Bertz CT molecular complexity index is 1280. The molecule has 0 spiro atoms. The second-order valence-corrected chi connectivity index (χ2v) is 7.17. The van der Waals surface area contributed by atoms with Gasteiger partial charge in [-0.15, -0.1) is 11.3 Å². The molecule has 0 saturated heterocycles. The van der Waals surface area contributed by atoms with E-state index in [0.29, 0.717) is 27.3 Å². The predicted molar refractivity (Wildman–Crippen MR) is 111 cm³/mol. The first-order chi connectivity index (χ1) is 13.9. The van der Waals surface area contributed by atoms with E-state index in [2.05, 4.69) is 15.3 Å². The van der Waals surface area contributed by atoms with E-state index in [1.807, 2.05) is 5.38 Å². The third-order valence-electron chi connectivity index (χ3n) is 4.14. The van der Waals surface area contributed by atoms with Gasteiger partial charge in [0.15, 0.2) is 0 Å². The number of non-ortho nitro benzene ring substituents is 1. The quantitative estimate of drug-likeness (QED) is 0.326. The van der Waals surface area contributed by atoms with Gasteiger partial charge in [0.2, 0.25) is 0 Å². The van der Waals surface area contributed by atoms with Gasteiger partial charge < -0.3 is 5.32 Å². The highest BCUT2D eigenvalue weighted by Crippen LogP contribution is 2.39. The van der Waals surface area contributed by atoms with Crippen LogP contribution in [0.4, 0.5) is 22.9 Å². The standard InChI is InChI=1S/C18H10ClN5O4S/c19-14-5-4-11(7-15(14)24(27)28)22-17-16-13(8-29-18(16)21-9-20-17)10-2-1-3-12(6-10)23(25)26/h1-9H,(H,20,21,22). The lowest BCUT2D eigenvalue weighted by molar-refractivity contribution is -0.384. The van der Waals surface area contributed by atoms with E-state index >= 15 is 0 Å². The van der Waals surface area contributed by atoms with Crippen LogP contribution in [0.5, 0.6) is 0 Å². The molecule has 9 nitrogen and oxygen atoms in total. The Kier molecular flexibility index (Phi) is 4.79. The van der Waals surface area contributed by atoms with Gasteiger partial charge in [0.25, 0.3) is 11.4 Å². The van der Waals surface area contributed by atoms with Crippen molar-refractivity contribution in [1.82, 2.24) is 9.97 Å². The summed E-state index contributed by atoms with van der Waals surface area (Å²) >= 11 is 7.24. The Hall–Kier alpha value is -3.63. The summed E-state index contributed by atoms with van der Waals surface area (Å²) in [7, 11) is 0. The van der Waals surface area contributed by atoms with Gasteiger partial charge in [-0.2, -0.15) is 0 Å². The number of hydrogen-bond donors (Lipinski definition) is 1. The van der Waals surface area contributed by atoms with Crippen LogP contribution in [0.15, 0.2) is 54.2 Å². The fourth-order valence-corrected chi connectivity index (χ4v) is 3.94. The monoisotopic (exact) mass is 427 g/mol. The molecule has 11 heteroatoms. The Morgan fingerprint density at radius 1 is 1.03 bits per heavy atom. The Morgan fingerprint density at radius 3 is 2.62 bits per heavy atom. The molecule has 0 fully saturated rings. The van der Waals surface area contributed by atoms with Crippen LogP contribution in [-0.2, 0) is 0 Å². The van der Waals surface area contributed by atoms with Gasteiger partial charge in [-0.25, -0.2) is 9.97 Å². The van der Waals surface area contributed by atoms with Gasteiger partial charge in [0.1, 0.15) is 22.0 Å². The minimum atomic E-state index is -0.567. The van der Waals surface area contributed by atoms with Gasteiger partial charge >= 0.3 is 0 Å². The molecule has 144 valence electrons. The maximum atomic E-state index is 11.1. The molecule has 1 N–H and O–H groups in total. The SMILES string of the molecule is O=[N+]([O-])c1cccc(-c2csc3ncnc(Nc4ccc(Cl)c([N+](=O)[O-])c4)c23)c1. The summed E-state index contributed by atoms with van der Waals surface area (Å²) in [4.78, 5) is 30.4. The van der Waals surface area contributed by atoms with E-state index in [-0.39, 0.29) is 16.4 Å². The lowest BCUT2D eigenvalue weighted by Crippen LogP contribution is -1.97. The molecule has 0 aliphatic heterocycles. The van der Waals surface area contributed by atoms with Crippen molar-refractivity contribution in [3.8, 4) is 11.1 Å². The average Bonchev–Trinajstić information content (AvgIpc) is 3.14. The van der Waals surface area contributed by atoms with E-state index < -0.39 is 9.85 Å². The summed E-state index contributed by atoms with van der Waals surface area (Å²) in [5.74, 6) is 0.425. The van der Waals surface area contributed by atoms with Crippen molar-refractivity contribution in [2.75, 3.05) is 5.32 Å². The lowest BCUT2D eigenvalue weighted by atomic mass is 10.1. The number of nitrogens with zero attached hydrogens (tertiary/aromatic N) is 4. The average molecular weight is 428 g/mol. The lowest BCUT2D eigenvalue weighted by Gasteiger charge is -2.09. The summed E-state index contributed by atoms with van der Waals surface area (Å²) in [5, 5.41) is 27.8. The van der Waals surface area contributed by atoms with Gasteiger partial charge in [0, 0.05) is 34.8 Å². The third-order valence-corrected chi connectivity index (χ3v) is 5.35. The van der Waals surface area contributed by atoms with Crippen molar-refractivity contribution in [3.63, 3.8) is 0 Å². The van der Waals surface area contributed by atoms with Gasteiger partial charge in [-0.05, 0) is 17.7 Å². The highest BCUT2D eigenvalue weighted by Gasteiger charge is 2.17. The maximum absolute atomic E-state index is 11.1. The van der Waals surface area contributed by atoms with Gasteiger partial charge in [0.05, 0.1) is 15.2 Å². The molecule has 0 unspecified atom stereocenters. The summed E-state index contributed by atoms with van der Waals surface area (Å²) < 4.78 is 0. The van der Waals surface area contributed by atoms with Crippen LogP contribution in [0.3, 0.4) is 0 Å². The normalized spacial score (nSPS) is 10.8. The van der Waals surface area contributed by atoms with Crippen molar-refractivity contribution in [1.29, 1.82) is 0 Å². The molecule has 0 amide bonds. The second kappa shape index (κ2) is 7.41. The minimum Gasteiger partial charge on any atom is -0.339 e. The van der Waals surface area contributed by atoms with E-state index in [9.17, 15) is 20.2 Å². The van der Waals surface area contributed by atoms with Crippen LogP contribution in [0.1, 0.15) is 0 Å². The minimum absolute atomic E-state index is 0.0264. The Morgan fingerprint density at radius 2 is 1.86 bits per heavy atom. The Balaban J connectivity index is 1.82. The molecule has 0 aliphatic rings. The topological polar surface area (TPSA) is 124 Å². The molecule has 0 aliphatic carbocycles. The summed E-state index contributed by atoms with van der Waals surface area (Å²) in [6.45, 7) is 0. The van der Waals surface area contributed by atoms with E-state index in [1.165, 1.54) is 41.9 Å². The molecule has 4 rings (SSSR count). The zero-order chi connectivity index (χ0) is 20.5. The first kappa shape index (κ1) is 18.7. The first-order valence-electron chi connectivity index (χ1n) is 8.12. The number of hydrogen-bond acceptors (Lipinski definition) is 8. The number of nitrogens with one attached hydrogen (secondary N) is 1. The number of thiophene rings is 1. The molecular formula is C18H10ClN5O4S. The van der Waals surface area contributed by atoms with Crippen LogP contribution in [0, 0.1) is 20.2 Å². The van der Waals surface area contributed by atoms with Crippen LogP contribution in [0.2, 0.25) is 5.02 Å². The van der Waals surface area contributed by atoms with Crippen LogP contribution < -0.4 is 5.32 Å². The second-order valence-electron chi connectivity index (χ2n) is 5.91. The number of halogens is 1. The zero-order valence-corrected chi connectivity index (χ0v) is 16.0. The van der Waals surface area contributed by atoms with E-state index in [1.54, 1.807) is 18.2 Å². The highest BCUT2D eigenvalue weighted by molar-refractivity contribution is 7.17. The third kappa shape index (κ3) is 3.58. The number of fused-ring (bicyclic) bond motifs is 1. The molecule has 0 atom stereocenters. The molecule has 0 saturated carbocycles. The smallest absolute Gasteiger partial charge is 0.289 e.